The summed E-state index contributed by atoms with van der Waals surface area (Å²) < 4.78 is 9.43. The van der Waals surface area contributed by atoms with Crippen LogP contribution in [0, 0.1) is 13.8 Å². The zero-order valence-corrected chi connectivity index (χ0v) is 8.79. The highest BCUT2D eigenvalue weighted by Crippen LogP contribution is 2.07. The minimum Gasteiger partial charge on any atom is -0.462 e. The molecule has 0 radical (unpaired) electrons. The van der Waals surface area contributed by atoms with Crippen LogP contribution >= 0.6 is 0 Å². The summed E-state index contributed by atoms with van der Waals surface area (Å²) in [6.07, 6.45) is 0. The molecule has 1 rings (SSSR count). The SMILES string of the molecule is COC(=O)C(=O)NCc1nc(C)c(C)o1. The largest absolute Gasteiger partial charge is 0.462 e. The quantitative estimate of drug-likeness (QED) is 0.554. The number of nitrogens with zero attached hydrogens (tertiary/aromatic N) is 1. The fourth-order valence-electron chi connectivity index (χ4n) is 0.936. The minimum absolute atomic E-state index is 0.0720. The van der Waals surface area contributed by atoms with E-state index in [9.17, 15) is 9.59 Å². The molecule has 0 bridgehead atoms. The summed E-state index contributed by atoms with van der Waals surface area (Å²) >= 11 is 0. The van der Waals surface area contributed by atoms with Gasteiger partial charge in [-0.15, -0.1) is 0 Å². The number of aromatic nitrogens is 1. The standard InChI is InChI=1S/C9H12N2O4/c1-5-6(2)15-7(11-5)4-10-8(12)9(13)14-3/h4H2,1-3H3,(H,10,12). The van der Waals surface area contributed by atoms with E-state index < -0.39 is 11.9 Å². The number of nitrogens with one attached hydrogen (secondary N) is 1. The van der Waals surface area contributed by atoms with Gasteiger partial charge in [-0.3, -0.25) is 4.79 Å². The van der Waals surface area contributed by atoms with Gasteiger partial charge in [0.15, 0.2) is 0 Å². The molecule has 15 heavy (non-hydrogen) atoms. The summed E-state index contributed by atoms with van der Waals surface area (Å²) in [6.45, 7) is 3.64. The summed E-state index contributed by atoms with van der Waals surface area (Å²) in [6, 6.07) is 0. The van der Waals surface area contributed by atoms with Crippen LogP contribution in [0.1, 0.15) is 17.3 Å². The van der Waals surface area contributed by atoms with Gasteiger partial charge in [0.25, 0.3) is 0 Å². The van der Waals surface area contributed by atoms with Crippen molar-refractivity contribution in [3.8, 4) is 0 Å². The van der Waals surface area contributed by atoms with Gasteiger partial charge in [-0.1, -0.05) is 0 Å². The van der Waals surface area contributed by atoms with E-state index in [-0.39, 0.29) is 6.54 Å². The highest BCUT2D eigenvalue weighted by molar-refractivity contribution is 6.32. The first kappa shape index (κ1) is 11.2. The Morgan fingerprint density at radius 3 is 2.60 bits per heavy atom. The smallest absolute Gasteiger partial charge is 0.396 e. The lowest BCUT2D eigenvalue weighted by molar-refractivity contribution is -0.152. The Labute approximate surface area is 86.6 Å². The van der Waals surface area contributed by atoms with Gasteiger partial charge in [-0.05, 0) is 13.8 Å². The summed E-state index contributed by atoms with van der Waals surface area (Å²) in [5.41, 5.74) is 0.761. The third kappa shape index (κ3) is 2.80. The Morgan fingerprint density at radius 1 is 1.47 bits per heavy atom. The van der Waals surface area contributed by atoms with Crippen LogP contribution in [0.5, 0.6) is 0 Å². The Morgan fingerprint density at radius 2 is 2.13 bits per heavy atom. The molecule has 6 heteroatoms. The summed E-state index contributed by atoms with van der Waals surface area (Å²) in [7, 11) is 1.14. The predicted octanol–water partition coefficient (Wildman–Crippen LogP) is 0.0806. The van der Waals surface area contributed by atoms with Gasteiger partial charge in [0.1, 0.15) is 5.76 Å². The van der Waals surface area contributed by atoms with Crippen molar-refractivity contribution in [3.05, 3.63) is 17.3 Å². The molecule has 0 unspecified atom stereocenters. The zero-order chi connectivity index (χ0) is 11.4. The molecule has 0 saturated heterocycles. The number of methoxy groups -OCH3 is 1. The number of carbonyl (C=O) groups excluding carboxylic acids is 2. The van der Waals surface area contributed by atoms with E-state index in [1.54, 1.807) is 13.8 Å². The van der Waals surface area contributed by atoms with E-state index in [4.69, 9.17) is 4.42 Å². The number of esters is 1. The number of oxazole rings is 1. The summed E-state index contributed by atoms with van der Waals surface area (Å²) in [4.78, 5) is 25.7. The second-order valence-electron chi connectivity index (χ2n) is 2.92. The van der Waals surface area contributed by atoms with Crippen LogP contribution in [-0.4, -0.2) is 24.0 Å². The normalized spacial score (nSPS) is 9.80. The van der Waals surface area contributed by atoms with Gasteiger partial charge < -0.3 is 14.5 Å². The maximum absolute atomic E-state index is 11.0. The van der Waals surface area contributed by atoms with Crippen molar-refractivity contribution in [1.29, 1.82) is 0 Å². The van der Waals surface area contributed by atoms with Crippen molar-refractivity contribution in [2.24, 2.45) is 0 Å². The molecule has 6 nitrogen and oxygen atoms in total. The molecule has 1 heterocycles. The molecule has 82 valence electrons. The number of rotatable bonds is 2. The van der Waals surface area contributed by atoms with Crippen LogP contribution in [0.3, 0.4) is 0 Å². The average Bonchev–Trinajstić information content (AvgIpc) is 2.54. The average molecular weight is 212 g/mol. The lowest BCUT2D eigenvalue weighted by Gasteiger charge is -1.99. The Bertz CT molecular complexity index is 364. The monoisotopic (exact) mass is 212 g/mol. The molecule has 0 saturated carbocycles. The predicted molar refractivity (Wildman–Crippen MR) is 49.8 cm³/mol. The topological polar surface area (TPSA) is 81.4 Å². The molecule has 0 aliphatic carbocycles. The number of ether oxygens (including phenoxy) is 1. The minimum atomic E-state index is -0.935. The summed E-state index contributed by atoms with van der Waals surface area (Å²) in [5, 5.41) is 2.32. The third-order valence-electron chi connectivity index (χ3n) is 1.84. The maximum Gasteiger partial charge on any atom is 0.396 e. The molecule has 1 amide bonds. The van der Waals surface area contributed by atoms with Crippen molar-refractivity contribution in [1.82, 2.24) is 10.3 Å². The first-order valence-electron chi connectivity index (χ1n) is 4.33. The van der Waals surface area contributed by atoms with Gasteiger partial charge in [-0.2, -0.15) is 0 Å². The molecule has 1 aromatic rings. The molecule has 1 N–H and O–H groups in total. The first-order valence-corrected chi connectivity index (χ1v) is 4.33. The molecule has 0 spiro atoms. The van der Waals surface area contributed by atoms with E-state index in [1.807, 2.05) is 0 Å². The van der Waals surface area contributed by atoms with Gasteiger partial charge >= 0.3 is 11.9 Å². The highest BCUT2D eigenvalue weighted by atomic mass is 16.5. The number of hydrogen-bond donors (Lipinski definition) is 1. The molecule has 0 aliphatic heterocycles. The van der Waals surface area contributed by atoms with E-state index in [1.165, 1.54) is 0 Å². The molecular weight excluding hydrogens is 200 g/mol. The van der Waals surface area contributed by atoms with Crippen LogP contribution in [0.4, 0.5) is 0 Å². The van der Waals surface area contributed by atoms with Crippen LogP contribution in [0.15, 0.2) is 4.42 Å². The molecule has 0 aliphatic rings. The van der Waals surface area contributed by atoms with E-state index >= 15 is 0 Å². The second kappa shape index (κ2) is 4.59. The fourth-order valence-corrected chi connectivity index (χ4v) is 0.936. The van der Waals surface area contributed by atoms with Crippen LogP contribution in [-0.2, 0) is 20.9 Å². The van der Waals surface area contributed by atoms with Crippen LogP contribution < -0.4 is 5.32 Å². The highest BCUT2D eigenvalue weighted by Gasteiger charge is 2.14. The molecule has 0 atom stereocenters. The van der Waals surface area contributed by atoms with Crippen LogP contribution in [0.25, 0.3) is 0 Å². The molecule has 0 aromatic carbocycles. The molecular formula is C9H12N2O4. The van der Waals surface area contributed by atoms with Crippen molar-refractivity contribution >= 4 is 11.9 Å². The van der Waals surface area contributed by atoms with Gasteiger partial charge in [0, 0.05) is 0 Å². The van der Waals surface area contributed by atoms with E-state index in [0.717, 1.165) is 12.8 Å². The Hall–Kier alpha value is -1.85. The van der Waals surface area contributed by atoms with Gasteiger partial charge in [-0.25, -0.2) is 9.78 Å². The fraction of sp³-hybridized carbons (Fsp3) is 0.444. The third-order valence-corrected chi connectivity index (χ3v) is 1.84. The maximum atomic E-state index is 11.0. The first-order chi connectivity index (χ1) is 7.04. The Balaban J connectivity index is 2.50. The lowest BCUT2D eigenvalue weighted by Crippen LogP contribution is -2.31. The van der Waals surface area contributed by atoms with E-state index in [2.05, 4.69) is 15.0 Å². The number of aryl methyl sites for hydroxylation is 2. The van der Waals surface area contributed by atoms with Crippen molar-refractivity contribution in [3.63, 3.8) is 0 Å². The Kier molecular flexibility index (Phi) is 3.43. The van der Waals surface area contributed by atoms with Crippen LogP contribution in [0.2, 0.25) is 0 Å². The molecule has 1 aromatic heterocycles. The lowest BCUT2D eigenvalue weighted by atomic mass is 10.4. The van der Waals surface area contributed by atoms with Crippen molar-refractivity contribution in [2.45, 2.75) is 20.4 Å². The van der Waals surface area contributed by atoms with Crippen molar-refractivity contribution < 1.29 is 18.7 Å². The second-order valence-corrected chi connectivity index (χ2v) is 2.92. The number of carbonyl (C=O) groups is 2. The molecule has 0 fully saturated rings. The number of amides is 1. The van der Waals surface area contributed by atoms with Crippen molar-refractivity contribution in [2.75, 3.05) is 7.11 Å². The summed E-state index contributed by atoms with van der Waals surface area (Å²) in [5.74, 6) is -0.694. The zero-order valence-electron chi connectivity index (χ0n) is 8.79. The van der Waals surface area contributed by atoms with Gasteiger partial charge in [0.2, 0.25) is 5.89 Å². The number of hydrogen-bond acceptors (Lipinski definition) is 5. The van der Waals surface area contributed by atoms with Gasteiger partial charge in [0.05, 0.1) is 19.3 Å². The van der Waals surface area contributed by atoms with E-state index in [0.29, 0.717) is 11.7 Å².